The minimum absolute atomic E-state index is 0.0165. The third-order valence-electron chi connectivity index (χ3n) is 2.88. The monoisotopic (exact) mass is 303 g/mol. The van der Waals surface area contributed by atoms with Crippen molar-refractivity contribution in [1.29, 1.82) is 0 Å². The number of hydrogen-bond donors (Lipinski definition) is 2. The number of nitrogens with one attached hydrogen (secondary N) is 2. The van der Waals surface area contributed by atoms with E-state index in [9.17, 15) is 4.79 Å². The summed E-state index contributed by atoms with van der Waals surface area (Å²) in [6, 6.07) is 7.77. The molecule has 0 fully saturated rings. The van der Waals surface area contributed by atoms with Gasteiger partial charge in [0.15, 0.2) is 0 Å². The molecule has 1 amide bonds. The van der Waals surface area contributed by atoms with E-state index < -0.39 is 0 Å². The van der Waals surface area contributed by atoms with Gasteiger partial charge in [0.25, 0.3) is 5.91 Å². The number of nitrogens with zero attached hydrogens (tertiary/aromatic N) is 1. The van der Waals surface area contributed by atoms with Crippen molar-refractivity contribution in [2.75, 3.05) is 6.54 Å². The molecule has 0 aromatic carbocycles. The minimum Gasteiger partial charge on any atom is -0.351 e. The van der Waals surface area contributed by atoms with Crippen molar-refractivity contribution in [3.63, 3.8) is 0 Å². The molecule has 2 N–H and O–H groups in total. The molecule has 0 aliphatic carbocycles. The van der Waals surface area contributed by atoms with Crippen LogP contribution in [0.3, 0.4) is 0 Å². The van der Waals surface area contributed by atoms with Crippen LogP contribution in [0.5, 0.6) is 0 Å². The third kappa shape index (κ3) is 2.81. The third-order valence-corrected chi connectivity index (χ3v) is 4.62. The van der Waals surface area contributed by atoms with Crippen LogP contribution in [-0.2, 0) is 6.42 Å². The molecule has 0 radical (unpaired) electrons. The van der Waals surface area contributed by atoms with Gasteiger partial charge in [-0.3, -0.25) is 4.79 Å². The first-order valence-corrected chi connectivity index (χ1v) is 7.98. The predicted molar refractivity (Wildman–Crippen MR) is 82.3 cm³/mol. The fraction of sp³-hybridized carbons (Fsp3) is 0.143. The van der Waals surface area contributed by atoms with Crippen LogP contribution in [-0.4, -0.2) is 22.4 Å². The molecule has 0 saturated heterocycles. The molecule has 20 heavy (non-hydrogen) atoms. The number of aromatic amines is 1. The Labute approximate surface area is 124 Å². The van der Waals surface area contributed by atoms with Crippen LogP contribution in [0.25, 0.3) is 10.6 Å². The van der Waals surface area contributed by atoms with Crippen molar-refractivity contribution >= 4 is 28.6 Å². The smallest absolute Gasteiger partial charge is 0.261 e. The van der Waals surface area contributed by atoms with E-state index in [0.717, 1.165) is 27.6 Å². The van der Waals surface area contributed by atoms with Gasteiger partial charge < -0.3 is 10.3 Å². The summed E-state index contributed by atoms with van der Waals surface area (Å²) in [6.07, 6.45) is 2.44. The highest BCUT2D eigenvalue weighted by molar-refractivity contribution is 7.13. The number of hydrogen-bond acceptors (Lipinski definition) is 4. The maximum Gasteiger partial charge on any atom is 0.261 e. The summed E-state index contributed by atoms with van der Waals surface area (Å²) in [5, 5.41) is 6.86. The summed E-state index contributed by atoms with van der Waals surface area (Å²) in [5.41, 5.74) is 2.03. The first-order chi connectivity index (χ1) is 9.84. The second-order valence-electron chi connectivity index (χ2n) is 4.19. The van der Waals surface area contributed by atoms with E-state index in [0.29, 0.717) is 6.54 Å². The van der Waals surface area contributed by atoms with Gasteiger partial charge in [0.05, 0.1) is 16.1 Å². The van der Waals surface area contributed by atoms with E-state index in [2.05, 4.69) is 21.4 Å². The van der Waals surface area contributed by atoms with Gasteiger partial charge >= 0.3 is 0 Å². The fourth-order valence-electron chi connectivity index (χ4n) is 1.93. The lowest BCUT2D eigenvalue weighted by atomic mass is 10.2. The van der Waals surface area contributed by atoms with E-state index in [1.54, 1.807) is 17.7 Å². The summed E-state index contributed by atoms with van der Waals surface area (Å²) in [7, 11) is 0. The SMILES string of the molecule is O=C(NCCc1[nH]cnc1-c1cccs1)c1cccs1. The molecule has 6 heteroatoms. The Morgan fingerprint density at radius 1 is 1.25 bits per heavy atom. The van der Waals surface area contributed by atoms with Gasteiger partial charge in [-0.05, 0) is 22.9 Å². The zero-order valence-corrected chi connectivity index (χ0v) is 12.3. The van der Waals surface area contributed by atoms with Gasteiger partial charge in [0.2, 0.25) is 0 Å². The van der Waals surface area contributed by atoms with Crippen molar-refractivity contribution in [2.24, 2.45) is 0 Å². The van der Waals surface area contributed by atoms with Crippen LogP contribution >= 0.6 is 22.7 Å². The lowest BCUT2D eigenvalue weighted by Crippen LogP contribution is -2.25. The molecule has 0 saturated carbocycles. The maximum atomic E-state index is 11.8. The van der Waals surface area contributed by atoms with Crippen LogP contribution in [0.2, 0.25) is 0 Å². The molecule has 3 aromatic heterocycles. The van der Waals surface area contributed by atoms with Crippen molar-refractivity contribution in [2.45, 2.75) is 6.42 Å². The van der Waals surface area contributed by atoms with Gasteiger partial charge in [0.1, 0.15) is 5.69 Å². The molecule has 0 atom stereocenters. The topological polar surface area (TPSA) is 57.8 Å². The number of rotatable bonds is 5. The molecule has 0 bridgehead atoms. The molecule has 102 valence electrons. The second-order valence-corrected chi connectivity index (χ2v) is 6.09. The summed E-state index contributed by atoms with van der Waals surface area (Å²) >= 11 is 3.11. The van der Waals surface area contributed by atoms with Crippen molar-refractivity contribution in [3.8, 4) is 10.6 Å². The standard InChI is InChI=1S/C14H13N3OS2/c18-14(12-4-2-8-20-12)15-6-5-10-13(17-9-16-10)11-3-1-7-19-11/h1-4,7-9H,5-6H2,(H,15,18)(H,16,17). The van der Waals surface area contributed by atoms with Crippen LogP contribution < -0.4 is 5.32 Å². The van der Waals surface area contributed by atoms with Crippen LogP contribution in [0.1, 0.15) is 15.4 Å². The summed E-state index contributed by atoms with van der Waals surface area (Å²) < 4.78 is 0. The van der Waals surface area contributed by atoms with E-state index in [4.69, 9.17) is 0 Å². The minimum atomic E-state index is -0.0165. The Kier molecular flexibility index (Phi) is 3.94. The quantitative estimate of drug-likeness (QED) is 0.760. The number of thiophene rings is 2. The molecule has 4 nitrogen and oxygen atoms in total. The average molecular weight is 303 g/mol. The molecular formula is C14H13N3OS2. The normalized spacial score (nSPS) is 10.6. The fourth-order valence-corrected chi connectivity index (χ4v) is 3.32. The molecular weight excluding hydrogens is 290 g/mol. The highest BCUT2D eigenvalue weighted by Gasteiger charge is 2.10. The van der Waals surface area contributed by atoms with Crippen LogP contribution in [0, 0.1) is 0 Å². The van der Waals surface area contributed by atoms with Gasteiger partial charge in [0, 0.05) is 18.7 Å². The first-order valence-electron chi connectivity index (χ1n) is 6.22. The number of carbonyl (C=O) groups excluding carboxylic acids is 1. The zero-order valence-electron chi connectivity index (χ0n) is 10.6. The summed E-state index contributed by atoms with van der Waals surface area (Å²) in [5.74, 6) is -0.0165. The molecule has 0 spiro atoms. The number of amides is 1. The average Bonchev–Trinajstić information content (AvgIpc) is 3.20. The van der Waals surface area contributed by atoms with Gasteiger partial charge in [-0.1, -0.05) is 12.1 Å². The summed E-state index contributed by atoms with van der Waals surface area (Å²) in [6.45, 7) is 0.595. The lowest BCUT2D eigenvalue weighted by molar-refractivity contribution is 0.0958. The predicted octanol–water partition coefficient (Wildman–Crippen LogP) is 3.17. The van der Waals surface area contributed by atoms with Crippen molar-refractivity contribution in [1.82, 2.24) is 15.3 Å². The maximum absolute atomic E-state index is 11.8. The Balaban J connectivity index is 1.60. The van der Waals surface area contributed by atoms with Gasteiger partial charge in [-0.15, -0.1) is 22.7 Å². The van der Waals surface area contributed by atoms with Crippen LogP contribution in [0.15, 0.2) is 41.4 Å². The highest BCUT2D eigenvalue weighted by atomic mass is 32.1. The molecule has 3 rings (SSSR count). The highest BCUT2D eigenvalue weighted by Crippen LogP contribution is 2.25. The molecule has 3 aromatic rings. The van der Waals surface area contributed by atoms with Crippen molar-refractivity contribution < 1.29 is 4.79 Å². The van der Waals surface area contributed by atoms with E-state index in [1.807, 2.05) is 29.0 Å². The molecule has 0 aliphatic rings. The number of imidazole rings is 1. The largest absolute Gasteiger partial charge is 0.351 e. The Morgan fingerprint density at radius 3 is 2.85 bits per heavy atom. The number of H-pyrrole nitrogens is 1. The first kappa shape index (κ1) is 13.1. The molecule has 0 unspecified atom stereocenters. The van der Waals surface area contributed by atoms with Crippen molar-refractivity contribution in [3.05, 3.63) is 51.9 Å². The van der Waals surface area contributed by atoms with Gasteiger partial charge in [-0.25, -0.2) is 4.98 Å². The lowest BCUT2D eigenvalue weighted by Gasteiger charge is -2.03. The Hall–Kier alpha value is -1.92. The Morgan fingerprint density at radius 2 is 2.10 bits per heavy atom. The molecule has 3 heterocycles. The van der Waals surface area contributed by atoms with Crippen LogP contribution in [0.4, 0.5) is 0 Å². The molecule has 0 aliphatic heterocycles. The Bertz CT molecular complexity index is 671. The zero-order chi connectivity index (χ0) is 13.8. The second kappa shape index (κ2) is 6.02. The number of carbonyl (C=O) groups is 1. The van der Waals surface area contributed by atoms with E-state index >= 15 is 0 Å². The van der Waals surface area contributed by atoms with E-state index in [-0.39, 0.29) is 5.91 Å². The summed E-state index contributed by atoms with van der Waals surface area (Å²) in [4.78, 5) is 21.2. The number of aromatic nitrogens is 2. The van der Waals surface area contributed by atoms with E-state index in [1.165, 1.54) is 11.3 Å². The van der Waals surface area contributed by atoms with Gasteiger partial charge in [-0.2, -0.15) is 0 Å².